The van der Waals surface area contributed by atoms with Gasteiger partial charge in [0.25, 0.3) is 0 Å². The van der Waals surface area contributed by atoms with E-state index >= 15 is 0 Å². The summed E-state index contributed by atoms with van der Waals surface area (Å²) in [5, 5.41) is 4.04. The van der Waals surface area contributed by atoms with E-state index in [1.165, 1.54) is 0 Å². The Hall–Kier alpha value is -0.390. The van der Waals surface area contributed by atoms with Gasteiger partial charge in [-0.3, -0.25) is 4.90 Å². The zero-order valence-electron chi connectivity index (χ0n) is 9.66. The maximum Gasteiger partial charge on any atom is 0.168 e. The molecule has 0 bridgehead atoms. The van der Waals surface area contributed by atoms with Crippen LogP contribution in [-0.2, 0) is 4.74 Å². The van der Waals surface area contributed by atoms with Crippen LogP contribution in [0.25, 0.3) is 0 Å². The summed E-state index contributed by atoms with van der Waals surface area (Å²) in [6, 6.07) is 0. The van der Waals surface area contributed by atoms with Crippen LogP contribution in [0.2, 0.25) is 0 Å². The molecule has 0 atom stereocenters. The second-order valence-corrected chi connectivity index (χ2v) is 4.32. The average molecular weight is 231 g/mol. The smallest absolute Gasteiger partial charge is 0.168 e. The van der Waals surface area contributed by atoms with Crippen molar-refractivity contribution in [3.05, 3.63) is 0 Å². The van der Waals surface area contributed by atoms with E-state index < -0.39 is 0 Å². The molecule has 1 saturated heterocycles. The Labute approximate surface area is 97.6 Å². The Morgan fingerprint density at radius 1 is 1.40 bits per heavy atom. The lowest BCUT2D eigenvalue weighted by molar-refractivity contribution is 0.0376. The van der Waals surface area contributed by atoms with Gasteiger partial charge < -0.3 is 15.0 Å². The summed E-state index contributed by atoms with van der Waals surface area (Å²) in [5.74, 6) is 0. The molecule has 0 unspecified atom stereocenters. The third-order valence-electron chi connectivity index (χ3n) is 2.44. The molecule has 1 fully saturated rings. The first kappa shape index (κ1) is 12.7. The van der Waals surface area contributed by atoms with Crippen LogP contribution in [-0.4, -0.2) is 68.4 Å². The van der Waals surface area contributed by atoms with E-state index in [1.54, 1.807) is 0 Å². The van der Waals surface area contributed by atoms with E-state index in [9.17, 15) is 0 Å². The van der Waals surface area contributed by atoms with E-state index in [-0.39, 0.29) is 0 Å². The minimum atomic E-state index is 0.817. The fourth-order valence-electron chi connectivity index (χ4n) is 1.48. The molecule has 0 saturated carbocycles. The number of nitrogens with zero attached hydrogens (tertiary/aromatic N) is 2. The number of hydrogen-bond donors (Lipinski definition) is 1. The van der Waals surface area contributed by atoms with E-state index in [2.05, 4.69) is 10.2 Å². The molecule has 0 aromatic heterocycles. The first-order chi connectivity index (χ1) is 7.20. The van der Waals surface area contributed by atoms with E-state index in [0.717, 1.165) is 50.9 Å². The average Bonchev–Trinajstić information content (AvgIpc) is 2.25. The van der Waals surface area contributed by atoms with Crippen LogP contribution in [0.4, 0.5) is 0 Å². The van der Waals surface area contributed by atoms with Crippen molar-refractivity contribution in [3.8, 4) is 0 Å². The Morgan fingerprint density at radius 3 is 2.67 bits per heavy atom. The molecule has 0 aromatic rings. The molecule has 1 heterocycles. The SMILES string of the molecule is CN(C)C(=S)NCCCN1CCOCC1. The summed E-state index contributed by atoms with van der Waals surface area (Å²) in [6.07, 6.45) is 1.13. The van der Waals surface area contributed by atoms with Crippen molar-refractivity contribution in [3.63, 3.8) is 0 Å². The van der Waals surface area contributed by atoms with E-state index in [1.807, 2.05) is 19.0 Å². The molecule has 15 heavy (non-hydrogen) atoms. The van der Waals surface area contributed by atoms with Gasteiger partial charge in [0, 0.05) is 33.7 Å². The zero-order valence-corrected chi connectivity index (χ0v) is 10.5. The largest absolute Gasteiger partial charge is 0.379 e. The molecule has 1 aliphatic heterocycles. The summed E-state index contributed by atoms with van der Waals surface area (Å²) in [6.45, 7) is 5.98. The number of thiocarbonyl (C=S) groups is 1. The van der Waals surface area contributed by atoms with Crippen LogP contribution in [0.5, 0.6) is 0 Å². The predicted octanol–water partition coefficient (Wildman–Crippen LogP) is 0.145. The lowest BCUT2D eigenvalue weighted by Gasteiger charge is -2.26. The highest BCUT2D eigenvalue weighted by molar-refractivity contribution is 7.80. The fraction of sp³-hybridized carbons (Fsp3) is 0.900. The third-order valence-corrected chi connectivity index (χ3v) is 2.95. The molecule has 0 aromatic carbocycles. The Bertz CT molecular complexity index is 193. The van der Waals surface area contributed by atoms with Gasteiger partial charge in [-0.05, 0) is 25.2 Å². The second-order valence-electron chi connectivity index (χ2n) is 3.93. The summed E-state index contributed by atoms with van der Waals surface area (Å²) in [5.41, 5.74) is 0. The maximum absolute atomic E-state index is 5.29. The van der Waals surface area contributed by atoms with Crippen molar-refractivity contribution in [1.29, 1.82) is 0 Å². The number of hydrogen-bond acceptors (Lipinski definition) is 3. The summed E-state index contributed by atoms with van der Waals surface area (Å²) < 4.78 is 5.29. The standard InChI is InChI=1S/C10H21N3OS/c1-12(2)10(15)11-4-3-5-13-6-8-14-9-7-13/h3-9H2,1-2H3,(H,11,15). The highest BCUT2D eigenvalue weighted by Gasteiger charge is 2.09. The number of morpholine rings is 1. The van der Waals surface area contributed by atoms with E-state index in [0.29, 0.717) is 0 Å². The Balaban J connectivity index is 1.98. The van der Waals surface area contributed by atoms with Crippen molar-refractivity contribution >= 4 is 17.3 Å². The molecule has 88 valence electrons. The monoisotopic (exact) mass is 231 g/mol. The third kappa shape index (κ3) is 5.30. The van der Waals surface area contributed by atoms with Gasteiger partial charge in [-0.15, -0.1) is 0 Å². The molecule has 0 spiro atoms. The first-order valence-corrected chi connectivity index (χ1v) is 5.86. The lowest BCUT2D eigenvalue weighted by Crippen LogP contribution is -2.39. The zero-order chi connectivity index (χ0) is 11.1. The van der Waals surface area contributed by atoms with E-state index in [4.69, 9.17) is 17.0 Å². The van der Waals surface area contributed by atoms with Crippen molar-refractivity contribution < 1.29 is 4.74 Å². The van der Waals surface area contributed by atoms with Crippen LogP contribution >= 0.6 is 12.2 Å². The van der Waals surface area contributed by atoms with Crippen LogP contribution in [0.15, 0.2) is 0 Å². The highest BCUT2D eigenvalue weighted by Crippen LogP contribution is 1.97. The van der Waals surface area contributed by atoms with Gasteiger partial charge in [0.15, 0.2) is 5.11 Å². The molecule has 0 amide bonds. The highest BCUT2D eigenvalue weighted by atomic mass is 32.1. The van der Waals surface area contributed by atoms with Gasteiger partial charge >= 0.3 is 0 Å². The van der Waals surface area contributed by atoms with Crippen molar-refractivity contribution in [2.24, 2.45) is 0 Å². The molecule has 0 aliphatic carbocycles. The van der Waals surface area contributed by atoms with Crippen LogP contribution in [0.1, 0.15) is 6.42 Å². The quantitative estimate of drug-likeness (QED) is 0.549. The summed E-state index contributed by atoms with van der Waals surface area (Å²) in [4.78, 5) is 4.36. The fourth-order valence-corrected chi connectivity index (χ4v) is 1.58. The summed E-state index contributed by atoms with van der Waals surface area (Å²) in [7, 11) is 3.91. The van der Waals surface area contributed by atoms with Gasteiger partial charge in [0.05, 0.1) is 13.2 Å². The molecule has 0 radical (unpaired) electrons. The van der Waals surface area contributed by atoms with Crippen molar-refractivity contribution in [2.45, 2.75) is 6.42 Å². The van der Waals surface area contributed by atoms with Crippen LogP contribution < -0.4 is 5.32 Å². The molecule has 4 nitrogen and oxygen atoms in total. The Morgan fingerprint density at radius 2 is 2.07 bits per heavy atom. The topological polar surface area (TPSA) is 27.7 Å². The molecular weight excluding hydrogens is 210 g/mol. The van der Waals surface area contributed by atoms with Gasteiger partial charge in [0.1, 0.15) is 0 Å². The molecule has 1 N–H and O–H groups in total. The lowest BCUT2D eigenvalue weighted by atomic mass is 10.3. The van der Waals surface area contributed by atoms with Gasteiger partial charge in [-0.1, -0.05) is 0 Å². The van der Waals surface area contributed by atoms with Crippen LogP contribution in [0.3, 0.4) is 0 Å². The minimum absolute atomic E-state index is 0.817. The number of ether oxygens (including phenoxy) is 1. The predicted molar refractivity (Wildman–Crippen MR) is 66.2 cm³/mol. The summed E-state index contributed by atoms with van der Waals surface area (Å²) >= 11 is 5.13. The van der Waals surface area contributed by atoms with Gasteiger partial charge in [-0.2, -0.15) is 0 Å². The second kappa shape index (κ2) is 6.98. The Kier molecular flexibility index (Phi) is 5.90. The number of nitrogens with one attached hydrogen (secondary N) is 1. The molecular formula is C10H21N3OS. The molecule has 1 rings (SSSR count). The normalized spacial score (nSPS) is 17.5. The molecule has 1 aliphatic rings. The van der Waals surface area contributed by atoms with Crippen LogP contribution in [0, 0.1) is 0 Å². The van der Waals surface area contributed by atoms with Gasteiger partial charge in [0.2, 0.25) is 0 Å². The van der Waals surface area contributed by atoms with Gasteiger partial charge in [-0.25, -0.2) is 0 Å². The number of rotatable bonds is 4. The first-order valence-electron chi connectivity index (χ1n) is 5.45. The maximum atomic E-state index is 5.29. The molecule has 5 heteroatoms. The van der Waals surface area contributed by atoms with Crippen molar-refractivity contribution in [1.82, 2.24) is 15.1 Å². The minimum Gasteiger partial charge on any atom is -0.379 e. The van der Waals surface area contributed by atoms with Crippen molar-refractivity contribution in [2.75, 3.05) is 53.5 Å².